The van der Waals surface area contributed by atoms with Gasteiger partial charge in [0.25, 0.3) is 17.9 Å². The molecule has 0 bridgehead atoms. The van der Waals surface area contributed by atoms with E-state index in [-0.39, 0.29) is 5.69 Å². The number of fused-ring (bicyclic) bond motifs is 1. The fourth-order valence-electron chi connectivity index (χ4n) is 2.16. The van der Waals surface area contributed by atoms with Crippen LogP contribution in [0.25, 0.3) is 0 Å². The molecule has 2 aromatic rings. The van der Waals surface area contributed by atoms with Crippen LogP contribution in [0, 0.1) is 12.7 Å². The Balaban J connectivity index is 1.80. The number of carbonyl (C=O) groups excluding carboxylic acids is 2. The zero-order valence-corrected chi connectivity index (χ0v) is 11.7. The normalized spacial score (nSPS) is 16.3. The van der Waals surface area contributed by atoms with Crippen LogP contribution >= 0.6 is 0 Å². The maximum Gasteiger partial charge on any atom is 0.275 e. The van der Waals surface area contributed by atoms with Crippen molar-refractivity contribution in [1.29, 1.82) is 0 Å². The van der Waals surface area contributed by atoms with E-state index in [2.05, 4.69) is 10.6 Å². The first-order valence-corrected chi connectivity index (χ1v) is 6.68. The first-order chi connectivity index (χ1) is 10.5. The Bertz CT molecular complexity index is 761. The van der Waals surface area contributed by atoms with E-state index < -0.39 is 23.7 Å². The predicted molar refractivity (Wildman–Crippen MR) is 79.3 cm³/mol. The zero-order valence-electron chi connectivity index (χ0n) is 11.7. The minimum atomic E-state index is -1.37. The van der Waals surface area contributed by atoms with Gasteiger partial charge in [-0.2, -0.15) is 0 Å². The van der Waals surface area contributed by atoms with Gasteiger partial charge >= 0.3 is 0 Å². The maximum absolute atomic E-state index is 13.5. The van der Waals surface area contributed by atoms with Gasteiger partial charge in [0.15, 0.2) is 0 Å². The molecule has 3 rings (SSSR count). The number of anilines is 2. The lowest BCUT2D eigenvalue weighted by Gasteiger charge is -2.25. The molecule has 112 valence electrons. The van der Waals surface area contributed by atoms with Crippen molar-refractivity contribution >= 4 is 23.2 Å². The molecule has 0 saturated carbocycles. The number of carbonyl (C=O) groups is 2. The Morgan fingerprint density at radius 2 is 2.05 bits per heavy atom. The molecule has 1 aliphatic heterocycles. The Morgan fingerprint density at radius 3 is 2.82 bits per heavy atom. The van der Waals surface area contributed by atoms with Crippen LogP contribution in [0.4, 0.5) is 15.8 Å². The summed E-state index contributed by atoms with van der Waals surface area (Å²) >= 11 is 0. The largest absolute Gasteiger partial charge is 0.468 e. The second-order valence-corrected chi connectivity index (χ2v) is 4.96. The fourth-order valence-corrected chi connectivity index (χ4v) is 2.16. The van der Waals surface area contributed by atoms with Gasteiger partial charge in [-0.25, -0.2) is 4.39 Å². The number of ether oxygens (including phenoxy) is 1. The van der Waals surface area contributed by atoms with Gasteiger partial charge in [-0.3, -0.25) is 9.59 Å². The highest BCUT2D eigenvalue weighted by atomic mass is 19.1. The van der Waals surface area contributed by atoms with Crippen molar-refractivity contribution in [1.82, 2.24) is 0 Å². The number of amides is 2. The number of para-hydroxylation sites is 1. The third kappa shape index (κ3) is 2.63. The molecule has 1 atom stereocenters. The van der Waals surface area contributed by atoms with Gasteiger partial charge in [-0.15, -0.1) is 0 Å². The van der Waals surface area contributed by atoms with E-state index >= 15 is 0 Å². The van der Waals surface area contributed by atoms with Crippen molar-refractivity contribution in [3.63, 3.8) is 0 Å². The smallest absolute Gasteiger partial charge is 0.275 e. The summed E-state index contributed by atoms with van der Waals surface area (Å²) in [6, 6.07) is 10.9. The lowest BCUT2D eigenvalue weighted by molar-refractivity contribution is -0.133. The molecule has 5 nitrogen and oxygen atoms in total. The molecule has 22 heavy (non-hydrogen) atoms. The third-order valence-electron chi connectivity index (χ3n) is 3.25. The van der Waals surface area contributed by atoms with Gasteiger partial charge in [-0.05, 0) is 36.8 Å². The van der Waals surface area contributed by atoms with Crippen molar-refractivity contribution < 1.29 is 18.7 Å². The SMILES string of the molecule is Cc1ccc2c(c1)NC(=O)[C@H](C(=O)Nc1ccccc1F)O2. The average Bonchev–Trinajstić information content (AvgIpc) is 2.48. The van der Waals surface area contributed by atoms with Crippen LogP contribution in [0.2, 0.25) is 0 Å². The number of benzene rings is 2. The minimum Gasteiger partial charge on any atom is -0.468 e. The van der Waals surface area contributed by atoms with Crippen LogP contribution in [-0.4, -0.2) is 17.9 Å². The summed E-state index contributed by atoms with van der Waals surface area (Å²) in [7, 11) is 0. The monoisotopic (exact) mass is 300 g/mol. The molecule has 2 N–H and O–H groups in total. The fraction of sp³-hybridized carbons (Fsp3) is 0.125. The molecule has 1 heterocycles. The Labute approximate surface area is 126 Å². The first-order valence-electron chi connectivity index (χ1n) is 6.68. The summed E-state index contributed by atoms with van der Waals surface area (Å²) < 4.78 is 19.0. The Kier molecular flexibility index (Phi) is 3.50. The Hall–Kier alpha value is -2.89. The summed E-state index contributed by atoms with van der Waals surface area (Å²) in [6.07, 6.45) is -1.37. The summed E-state index contributed by atoms with van der Waals surface area (Å²) in [6.45, 7) is 1.88. The third-order valence-corrected chi connectivity index (χ3v) is 3.25. The minimum absolute atomic E-state index is 0.00129. The van der Waals surface area contributed by atoms with Crippen LogP contribution < -0.4 is 15.4 Å². The number of halogens is 1. The van der Waals surface area contributed by atoms with Crippen molar-refractivity contribution in [2.24, 2.45) is 0 Å². The van der Waals surface area contributed by atoms with Crippen LogP contribution in [0.15, 0.2) is 42.5 Å². The highest BCUT2D eigenvalue weighted by molar-refractivity contribution is 6.15. The molecule has 2 amide bonds. The van der Waals surface area contributed by atoms with Crippen LogP contribution in [0.3, 0.4) is 0 Å². The molecule has 0 spiro atoms. The highest BCUT2D eigenvalue weighted by Gasteiger charge is 2.34. The summed E-state index contributed by atoms with van der Waals surface area (Å²) in [4.78, 5) is 24.1. The molecule has 0 aliphatic carbocycles. The second-order valence-electron chi connectivity index (χ2n) is 4.96. The van der Waals surface area contributed by atoms with Gasteiger partial charge in [0, 0.05) is 0 Å². The molecule has 0 unspecified atom stereocenters. The van der Waals surface area contributed by atoms with Crippen molar-refractivity contribution in [3.05, 3.63) is 53.8 Å². The second kappa shape index (κ2) is 5.48. The molecule has 0 fully saturated rings. The van der Waals surface area contributed by atoms with Crippen LogP contribution in [0.1, 0.15) is 5.56 Å². The van der Waals surface area contributed by atoms with E-state index in [1.54, 1.807) is 18.2 Å². The summed E-state index contributed by atoms with van der Waals surface area (Å²) in [5.41, 5.74) is 1.47. The molecule has 0 aromatic heterocycles. The van der Waals surface area contributed by atoms with E-state index in [1.165, 1.54) is 18.2 Å². The van der Waals surface area contributed by atoms with E-state index in [4.69, 9.17) is 4.74 Å². The quantitative estimate of drug-likeness (QED) is 0.837. The van der Waals surface area contributed by atoms with Gasteiger partial charge in [0.05, 0.1) is 11.4 Å². The van der Waals surface area contributed by atoms with E-state index in [0.717, 1.165) is 5.56 Å². The van der Waals surface area contributed by atoms with E-state index in [9.17, 15) is 14.0 Å². The lowest BCUT2D eigenvalue weighted by Crippen LogP contribution is -2.45. The molecular formula is C16H13FN2O3. The predicted octanol–water partition coefficient (Wildman–Crippen LogP) is 2.47. The van der Waals surface area contributed by atoms with Crippen LogP contribution in [-0.2, 0) is 9.59 Å². The number of hydrogen-bond acceptors (Lipinski definition) is 3. The average molecular weight is 300 g/mol. The molecule has 0 saturated heterocycles. The maximum atomic E-state index is 13.5. The van der Waals surface area contributed by atoms with Crippen molar-refractivity contribution in [3.8, 4) is 5.75 Å². The topological polar surface area (TPSA) is 67.4 Å². The molecule has 2 aromatic carbocycles. The first kappa shape index (κ1) is 14.1. The van der Waals surface area contributed by atoms with Gasteiger partial charge < -0.3 is 15.4 Å². The number of aryl methyl sites for hydroxylation is 1. The van der Waals surface area contributed by atoms with E-state index in [1.807, 2.05) is 13.0 Å². The van der Waals surface area contributed by atoms with Crippen LogP contribution in [0.5, 0.6) is 5.75 Å². The van der Waals surface area contributed by atoms with Crippen molar-refractivity contribution in [2.45, 2.75) is 13.0 Å². The Morgan fingerprint density at radius 1 is 1.27 bits per heavy atom. The number of rotatable bonds is 2. The molecule has 0 radical (unpaired) electrons. The van der Waals surface area contributed by atoms with Gasteiger partial charge in [-0.1, -0.05) is 18.2 Å². The van der Waals surface area contributed by atoms with E-state index in [0.29, 0.717) is 11.4 Å². The number of hydrogen-bond donors (Lipinski definition) is 2. The molecular weight excluding hydrogens is 287 g/mol. The standard InChI is InChI=1S/C16H13FN2O3/c1-9-6-7-13-12(8-9)19-16(21)14(22-13)15(20)18-11-5-3-2-4-10(11)17/h2-8,14H,1H3,(H,18,20)(H,19,21)/t14-/m0/s1. The summed E-state index contributed by atoms with van der Waals surface area (Å²) in [5.74, 6) is -1.50. The number of nitrogens with one attached hydrogen (secondary N) is 2. The lowest BCUT2D eigenvalue weighted by atomic mass is 10.1. The molecule has 1 aliphatic rings. The summed E-state index contributed by atoms with van der Waals surface area (Å²) in [5, 5.41) is 4.97. The highest BCUT2D eigenvalue weighted by Crippen LogP contribution is 2.30. The zero-order chi connectivity index (χ0) is 15.7. The van der Waals surface area contributed by atoms with Gasteiger partial charge in [0.1, 0.15) is 11.6 Å². The molecule has 6 heteroatoms. The van der Waals surface area contributed by atoms with Gasteiger partial charge in [0.2, 0.25) is 0 Å². The van der Waals surface area contributed by atoms with Crippen molar-refractivity contribution in [2.75, 3.05) is 10.6 Å².